The van der Waals surface area contributed by atoms with E-state index in [4.69, 9.17) is 18.6 Å². The van der Waals surface area contributed by atoms with Gasteiger partial charge < -0.3 is 18.6 Å². The summed E-state index contributed by atoms with van der Waals surface area (Å²) in [7, 11) is -0.286. The number of esters is 2. The molecule has 0 saturated heterocycles. The first-order chi connectivity index (χ1) is 20.9. The highest BCUT2D eigenvalue weighted by atomic mass is 28.4. The highest BCUT2D eigenvalue weighted by molar-refractivity contribution is 6.99. The number of hydrogen-bond acceptors (Lipinski definition) is 6. The van der Waals surface area contributed by atoms with Crippen LogP contribution in [0.25, 0.3) is 0 Å². The van der Waals surface area contributed by atoms with Crippen molar-refractivity contribution in [3.05, 3.63) is 119 Å². The van der Waals surface area contributed by atoms with Crippen LogP contribution < -0.4 is 10.4 Å². The maximum absolute atomic E-state index is 13.5. The van der Waals surface area contributed by atoms with E-state index in [0.29, 0.717) is 0 Å². The third-order valence-corrected chi connectivity index (χ3v) is 13.6. The second-order valence-electron chi connectivity index (χ2n) is 12.7. The van der Waals surface area contributed by atoms with E-state index in [1.54, 1.807) is 0 Å². The van der Waals surface area contributed by atoms with Gasteiger partial charge in [-0.25, -0.2) is 9.59 Å². The molecule has 4 rings (SSSR count). The summed E-state index contributed by atoms with van der Waals surface area (Å²) in [6, 6.07) is 30.6. The zero-order chi connectivity index (χ0) is 32.1. The Morgan fingerprint density at radius 3 is 1.73 bits per heavy atom. The molecule has 1 aliphatic rings. The molecule has 0 radical (unpaired) electrons. The molecule has 3 aromatic rings. The molecule has 0 amide bonds. The summed E-state index contributed by atoms with van der Waals surface area (Å²) in [5.74, 6) is -1.24. The van der Waals surface area contributed by atoms with Gasteiger partial charge in [-0.05, 0) is 39.5 Å². The fourth-order valence-corrected chi connectivity index (χ4v) is 10.7. The minimum atomic E-state index is -2.91. The molecular formula is C37H44O6Si. The molecule has 7 heteroatoms. The zero-order valence-electron chi connectivity index (χ0n) is 27.0. The van der Waals surface area contributed by atoms with Gasteiger partial charge >= 0.3 is 11.9 Å². The lowest BCUT2D eigenvalue weighted by Gasteiger charge is -2.45. The van der Waals surface area contributed by atoms with Gasteiger partial charge in [0.15, 0.2) is 0 Å². The summed E-state index contributed by atoms with van der Waals surface area (Å²) in [5.41, 5.74) is 1.20. The maximum atomic E-state index is 13.5. The first-order valence-electron chi connectivity index (χ1n) is 15.0. The lowest BCUT2D eigenvalue weighted by atomic mass is 9.70. The summed E-state index contributed by atoms with van der Waals surface area (Å²) < 4.78 is 24.3. The Bertz CT molecular complexity index is 1460. The third-order valence-electron chi connectivity index (χ3n) is 8.61. The largest absolute Gasteiger partial charge is 0.466 e. The molecular weight excluding hydrogens is 568 g/mol. The number of carbonyl (C=O) groups excluding carboxylic acids is 2. The van der Waals surface area contributed by atoms with Crippen LogP contribution in [0.2, 0.25) is 5.04 Å². The normalized spacial score (nSPS) is 17.5. The Hall–Kier alpha value is -3.78. The van der Waals surface area contributed by atoms with Gasteiger partial charge in [-0.15, -0.1) is 0 Å². The van der Waals surface area contributed by atoms with Crippen LogP contribution in [-0.4, -0.2) is 47.2 Å². The van der Waals surface area contributed by atoms with Gasteiger partial charge in [-0.2, -0.15) is 0 Å². The summed E-state index contributed by atoms with van der Waals surface area (Å²) in [5, 5.41) is 2.06. The average Bonchev–Trinajstić information content (AvgIpc) is 3.02. The van der Waals surface area contributed by atoms with Crippen LogP contribution in [-0.2, 0) is 28.2 Å². The van der Waals surface area contributed by atoms with E-state index in [0.717, 1.165) is 21.5 Å². The van der Waals surface area contributed by atoms with Crippen molar-refractivity contribution < 1.29 is 28.2 Å². The number of carbonyl (C=O) groups is 2. The van der Waals surface area contributed by atoms with Crippen molar-refractivity contribution in [3.8, 4) is 0 Å². The van der Waals surface area contributed by atoms with Gasteiger partial charge in [0.2, 0.25) is 0 Å². The fraction of sp³-hybridized carbons (Fsp3) is 0.351. The Morgan fingerprint density at radius 1 is 0.795 bits per heavy atom. The molecule has 0 saturated carbocycles. The zero-order valence-corrected chi connectivity index (χ0v) is 28.0. The SMILES string of the molecule is COC(=O)C1=C(C(=O)OC)C(C)(C)C(CO[Si](c2ccccc2)(c2ccccc2)C(C)(C)C)=C[C@H]1O[C@@H](C)c1ccccc1. The molecule has 0 bridgehead atoms. The van der Waals surface area contributed by atoms with Gasteiger partial charge in [0.05, 0.1) is 38.1 Å². The predicted molar refractivity (Wildman–Crippen MR) is 176 cm³/mol. The number of methoxy groups -OCH3 is 2. The molecule has 6 nitrogen and oxygen atoms in total. The molecule has 0 aromatic heterocycles. The van der Waals surface area contributed by atoms with E-state index in [9.17, 15) is 9.59 Å². The van der Waals surface area contributed by atoms with Gasteiger partial charge in [0, 0.05) is 5.41 Å². The number of benzene rings is 3. The highest BCUT2D eigenvalue weighted by Gasteiger charge is 2.52. The Labute approximate surface area is 262 Å². The molecule has 0 fully saturated rings. The van der Waals surface area contributed by atoms with E-state index in [2.05, 4.69) is 69.3 Å². The second-order valence-corrected chi connectivity index (χ2v) is 17.0. The van der Waals surface area contributed by atoms with Crippen LogP contribution in [0.1, 0.15) is 53.2 Å². The fourth-order valence-electron chi connectivity index (χ4n) is 6.22. The van der Waals surface area contributed by atoms with Crippen LogP contribution >= 0.6 is 0 Å². The van der Waals surface area contributed by atoms with E-state index in [1.165, 1.54) is 14.2 Å². The van der Waals surface area contributed by atoms with E-state index in [-0.39, 0.29) is 28.9 Å². The van der Waals surface area contributed by atoms with Crippen LogP contribution in [0.5, 0.6) is 0 Å². The minimum Gasteiger partial charge on any atom is -0.466 e. The molecule has 2 atom stereocenters. The molecule has 0 heterocycles. The highest BCUT2D eigenvalue weighted by Crippen LogP contribution is 2.45. The molecule has 0 unspecified atom stereocenters. The molecule has 232 valence electrons. The maximum Gasteiger partial charge on any atom is 0.337 e. The van der Waals surface area contributed by atoms with Crippen molar-refractivity contribution in [2.45, 2.75) is 58.8 Å². The standard InChI is InChI=1S/C37H44O6Si/c1-26(27-18-12-9-13-19-27)43-31-24-28(37(5,6)33(35(39)41-8)32(31)34(38)40-7)25-42-44(36(2,3)4,29-20-14-10-15-21-29)30-22-16-11-17-23-30/h9-24,26,31H,25H2,1-8H3/t26-,31+/m0/s1. The van der Waals surface area contributed by atoms with Crippen molar-refractivity contribution in [2.24, 2.45) is 5.41 Å². The number of hydrogen-bond donors (Lipinski definition) is 0. The smallest absolute Gasteiger partial charge is 0.337 e. The monoisotopic (exact) mass is 612 g/mol. The van der Waals surface area contributed by atoms with Gasteiger partial charge in [-0.3, -0.25) is 0 Å². The summed E-state index contributed by atoms with van der Waals surface area (Å²) in [6.45, 7) is 12.6. The van der Waals surface area contributed by atoms with Crippen molar-refractivity contribution >= 4 is 30.6 Å². The Morgan fingerprint density at radius 2 is 1.27 bits per heavy atom. The lowest BCUT2D eigenvalue weighted by Crippen LogP contribution is -2.66. The van der Waals surface area contributed by atoms with Crippen LogP contribution in [0, 0.1) is 5.41 Å². The average molecular weight is 613 g/mol. The molecule has 0 N–H and O–H groups in total. The third kappa shape index (κ3) is 6.36. The molecule has 0 aliphatic heterocycles. The summed E-state index contributed by atoms with van der Waals surface area (Å²) in [6.07, 6.45) is 0.684. The second kappa shape index (κ2) is 13.5. The summed E-state index contributed by atoms with van der Waals surface area (Å²) >= 11 is 0. The van der Waals surface area contributed by atoms with Crippen LogP contribution in [0.4, 0.5) is 0 Å². The lowest BCUT2D eigenvalue weighted by molar-refractivity contribution is -0.141. The van der Waals surface area contributed by atoms with Crippen LogP contribution in [0.15, 0.2) is 114 Å². The first-order valence-corrected chi connectivity index (χ1v) is 16.9. The van der Waals surface area contributed by atoms with E-state index >= 15 is 0 Å². The van der Waals surface area contributed by atoms with Crippen molar-refractivity contribution in [2.75, 3.05) is 20.8 Å². The number of ether oxygens (including phenoxy) is 3. The van der Waals surface area contributed by atoms with E-state index in [1.807, 2.05) is 69.3 Å². The van der Waals surface area contributed by atoms with Crippen molar-refractivity contribution in [1.82, 2.24) is 0 Å². The van der Waals surface area contributed by atoms with Gasteiger partial charge in [0.25, 0.3) is 8.32 Å². The van der Waals surface area contributed by atoms with Crippen molar-refractivity contribution in [1.29, 1.82) is 0 Å². The molecule has 1 aliphatic carbocycles. The van der Waals surface area contributed by atoms with Gasteiger partial charge in [0.1, 0.15) is 6.10 Å². The molecule has 3 aromatic carbocycles. The quantitative estimate of drug-likeness (QED) is 0.152. The number of rotatable bonds is 10. The van der Waals surface area contributed by atoms with Gasteiger partial charge in [-0.1, -0.05) is 126 Å². The Kier molecular flexibility index (Phi) is 10.1. The first kappa shape index (κ1) is 33.1. The topological polar surface area (TPSA) is 71.1 Å². The van der Waals surface area contributed by atoms with E-state index < -0.39 is 31.8 Å². The minimum absolute atomic E-state index is 0.140. The van der Waals surface area contributed by atoms with Crippen LogP contribution in [0.3, 0.4) is 0 Å². The predicted octanol–water partition coefficient (Wildman–Crippen LogP) is 6.32. The molecule has 44 heavy (non-hydrogen) atoms. The molecule has 0 spiro atoms. The summed E-state index contributed by atoms with van der Waals surface area (Å²) in [4.78, 5) is 26.8. The Balaban J connectivity index is 1.87. The van der Waals surface area contributed by atoms with Crippen molar-refractivity contribution in [3.63, 3.8) is 0 Å².